The molecule has 1 aliphatic carbocycles. The standard InChI is InChI=1S/C19H23N3O2/c1-3-4-5-6-10-22-17(23)15-16(18(22)24)19(15,12-20)13-8-7-9-14(11-13)21-2/h7-9,11,15-16,21H,3-6,10H2,1-2H3. The van der Waals surface area contributed by atoms with Crippen molar-refractivity contribution in [2.45, 2.75) is 38.0 Å². The van der Waals surface area contributed by atoms with Gasteiger partial charge in [-0.3, -0.25) is 14.5 Å². The number of nitriles is 1. The number of nitrogens with one attached hydrogen (secondary N) is 1. The maximum atomic E-state index is 12.7. The number of benzene rings is 1. The average Bonchev–Trinajstić information content (AvgIpc) is 3.24. The van der Waals surface area contributed by atoms with Gasteiger partial charge < -0.3 is 5.32 Å². The quantitative estimate of drug-likeness (QED) is 0.618. The van der Waals surface area contributed by atoms with Gasteiger partial charge in [0.15, 0.2) is 0 Å². The highest BCUT2D eigenvalue weighted by molar-refractivity contribution is 6.12. The lowest BCUT2D eigenvalue weighted by Crippen LogP contribution is -2.39. The fourth-order valence-electron chi connectivity index (χ4n) is 3.92. The number of rotatable bonds is 7. The zero-order valence-electron chi connectivity index (χ0n) is 14.2. The van der Waals surface area contributed by atoms with Gasteiger partial charge in [0.1, 0.15) is 5.41 Å². The van der Waals surface area contributed by atoms with E-state index in [2.05, 4.69) is 18.3 Å². The molecule has 1 aromatic carbocycles. The number of amides is 2. The third kappa shape index (κ3) is 2.29. The van der Waals surface area contributed by atoms with Crippen molar-refractivity contribution in [1.29, 1.82) is 5.26 Å². The minimum atomic E-state index is -0.971. The molecule has 5 nitrogen and oxygen atoms in total. The molecule has 1 heterocycles. The molecule has 24 heavy (non-hydrogen) atoms. The van der Waals surface area contributed by atoms with Crippen LogP contribution < -0.4 is 5.32 Å². The molecular weight excluding hydrogens is 302 g/mol. The molecule has 0 aromatic heterocycles. The van der Waals surface area contributed by atoms with E-state index >= 15 is 0 Å². The van der Waals surface area contributed by atoms with Crippen molar-refractivity contribution in [3.05, 3.63) is 29.8 Å². The first kappa shape index (κ1) is 16.5. The van der Waals surface area contributed by atoms with Crippen LogP contribution in [-0.4, -0.2) is 30.3 Å². The van der Waals surface area contributed by atoms with Crippen LogP contribution >= 0.6 is 0 Å². The van der Waals surface area contributed by atoms with Crippen molar-refractivity contribution in [2.75, 3.05) is 18.9 Å². The van der Waals surface area contributed by atoms with Gasteiger partial charge in [-0.25, -0.2) is 0 Å². The SMILES string of the molecule is CCCCCCN1C(=O)C2C(C1=O)C2(C#N)c1cccc(NC)c1. The average molecular weight is 325 g/mol. The number of hydrogen-bond donors (Lipinski definition) is 1. The van der Waals surface area contributed by atoms with Crippen LogP contribution in [0.1, 0.15) is 38.2 Å². The summed E-state index contributed by atoms with van der Waals surface area (Å²) >= 11 is 0. The molecule has 3 rings (SSSR count). The Labute approximate surface area is 142 Å². The summed E-state index contributed by atoms with van der Waals surface area (Å²) < 4.78 is 0. The van der Waals surface area contributed by atoms with E-state index in [1.54, 1.807) is 7.05 Å². The zero-order chi connectivity index (χ0) is 17.3. The van der Waals surface area contributed by atoms with Crippen molar-refractivity contribution >= 4 is 17.5 Å². The number of carbonyl (C=O) groups excluding carboxylic acids is 2. The van der Waals surface area contributed by atoms with Crippen LogP contribution in [-0.2, 0) is 15.0 Å². The number of imide groups is 1. The number of piperidine rings is 1. The smallest absolute Gasteiger partial charge is 0.235 e. The molecule has 126 valence electrons. The lowest BCUT2D eigenvalue weighted by Gasteiger charge is -2.22. The Bertz CT molecular complexity index is 685. The van der Waals surface area contributed by atoms with E-state index in [0.29, 0.717) is 6.54 Å². The molecular formula is C19H23N3O2. The van der Waals surface area contributed by atoms with Crippen molar-refractivity contribution in [1.82, 2.24) is 4.90 Å². The molecule has 1 saturated heterocycles. The van der Waals surface area contributed by atoms with E-state index in [0.717, 1.165) is 36.9 Å². The van der Waals surface area contributed by atoms with Crippen molar-refractivity contribution in [2.24, 2.45) is 11.8 Å². The summed E-state index contributed by atoms with van der Waals surface area (Å²) in [5.41, 5.74) is 0.670. The predicted molar refractivity (Wildman–Crippen MR) is 91.1 cm³/mol. The monoisotopic (exact) mass is 325 g/mol. The van der Waals surface area contributed by atoms with Crippen molar-refractivity contribution < 1.29 is 9.59 Å². The topological polar surface area (TPSA) is 73.2 Å². The van der Waals surface area contributed by atoms with E-state index in [1.165, 1.54) is 4.90 Å². The molecule has 0 bridgehead atoms. The first-order chi connectivity index (χ1) is 11.6. The molecule has 1 saturated carbocycles. The number of carbonyl (C=O) groups is 2. The first-order valence-corrected chi connectivity index (χ1v) is 8.66. The van der Waals surface area contributed by atoms with Crippen LogP contribution in [0, 0.1) is 23.2 Å². The largest absolute Gasteiger partial charge is 0.388 e. The Kier molecular flexibility index (Phi) is 4.31. The summed E-state index contributed by atoms with van der Waals surface area (Å²) in [5, 5.41) is 12.8. The summed E-state index contributed by atoms with van der Waals surface area (Å²) in [6.45, 7) is 2.62. The molecule has 1 aliphatic heterocycles. The van der Waals surface area contributed by atoms with Gasteiger partial charge in [-0.1, -0.05) is 38.3 Å². The van der Waals surface area contributed by atoms with Crippen LogP contribution in [0.3, 0.4) is 0 Å². The second-order valence-corrected chi connectivity index (χ2v) is 6.66. The molecule has 1 aromatic rings. The summed E-state index contributed by atoms with van der Waals surface area (Å²) in [6, 6.07) is 9.75. The van der Waals surface area contributed by atoms with Crippen LogP contribution in [0.25, 0.3) is 0 Å². The van der Waals surface area contributed by atoms with Gasteiger partial charge >= 0.3 is 0 Å². The van der Waals surface area contributed by atoms with Gasteiger partial charge in [-0.2, -0.15) is 5.26 Å². The summed E-state index contributed by atoms with van der Waals surface area (Å²) in [7, 11) is 1.81. The minimum absolute atomic E-state index is 0.169. The molecule has 2 fully saturated rings. The Balaban J connectivity index is 1.78. The molecule has 5 heteroatoms. The maximum absolute atomic E-state index is 12.7. The number of hydrogen-bond acceptors (Lipinski definition) is 4. The summed E-state index contributed by atoms with van der Waals surface area (Å²) in [4.78, 5) is 26.7. The minimum Gasteiger partial charge on any atom is -0.388 e. The van der Waals surface area contributed by atoms with E-state index in [-0.39, 0.29) is 11.8 Å². The van der Waals surface area contributed by atoms with Gasteiger partial charge in [-0.05, 0) is 24.1 Å². The third-order valence-electron chi connectivity index (χ3n) is 5.32. The van der Waals surface area contributed by atoms with Crippen LogP contribution in [0.5, 0.6) is 0 Å². The van der Waals surface area contributed by atoms with Crippen molar-refractivity contribution in [3.8, 4) is 6.07 Å². The van der Waals surface area contributed by atoms with E-state index in [4.69, 9.17) is 0 Å². The number of likely N-dealkylation sites (tertiary alicyclic amines) is 1. The maximum Gasteiger partial charge on any atom is 0.235 e. The Morgan fingerprint density at radius 3 is 2.50 bits per heavy atom. The second-order valence-electron chi connectivity index (χ2n) is 6.66. The molecule has 2 atom stereocenters. The molecule has 0 radical (unpaired) electrons. The van der Waals surface area contributed by atoms with Crippen LogP contribution in [0.2, 0.25) is 0 Å². The fraction of sp³-hybridized carbons (Fsp3) is 0.526. The molecule has 2 aliphatic rings. The molecule has 2 amide bonds. The van der Waals surface area contributed by atoms with Gasteiger partial charge in [0, 0.05) is 19.3 Å². The predicted octanol–water partition coefficient (Wildman–Crippen LogP) is 2.68. The number of fused-ring (bicyclic) bond motifs is 1. The fourth-order valence-corrected chi connectivity index (χ4v) is 3.92. The van der Waals surface area contributed by atoms with Crippen molar-refractivity contribution in [3.63, 3.8) is 0 Å². The van der Waals surface area contributed by atoms with Crippen LogP contribution in [0.4, 0.5) is 5.69 Å². The van der Waals surface area contributed by atoms with E-state index in [1.807, 2.05) is 24.3 Å². The highest BCUT2D eigenvalue weighted by atomic mass is 16.2. The zero-order valence-corrected chi connectivity index (χ0v) is 14.2. The van der Waals surface area contributed by atoms with Crippen LogP contribution in [0.15, 0.2) is 24.3 Å². The number of anilines is 1. The summed E-state index contributed by atoms with van der Waals surface area (Å²) in [5.74, 6) is -1.35. The molecule has 1 N–H and O–H groups in total. The second kappa shape index (κ2) is 6.27. The lowest BCUT2D eigenvalue weighted by atomic mass is 9.91. The van der Waals surface area contributed by atoms with Gasteiger partial charge in [-0.15, -0.1) is 0 Å². The van der Waals surface area contributed by atoms with E-state index in [9.17, 15) is 14.9 Å². The summed E-state index contributed by atoms with van der Waals surface area (Å²) in [6.07, 6.45) is 4.10. The van der Waals surface area contributed by atoms with Gasteiger partial charge in [0.2, 0.25) is 11.8 Å². The normalized spacial score (nSPS) is 27.8. The highest BCUT2D eigenvalue weighted by Gasteiger charge is 2.78. The van der Waals surface area contributed by atoms with Gasteiger partial charge in [0.05, 0.1) is 17.9 Å². The highest BCUT2D eigenvalue weighted by Crippen LogP contribution is 2.64. The Morgan fingerprint density at radius 2 is 1.92 bits per heavy atom. The molecule has 2 unspecified atom stereocenters. The lowest BCUT2D eigenvalue weighted by molar-refractivity contribution is -0.142. The first-order valence-electron chi connectivity index (χ1n) is 8.66. The number of unbranched alkanes of at least 4 members (excludes halogenated alkanes) is 3. The van der Waals surface area contributed by atoms with Gasteiger partial charge in [0.25, 0.3) is 0 Å². The Morgan fingerprint density at radius 1 is 1.21 bits per heavy atom. The third-order valence-corrected chi connectivity index (χ3v) is 5.32. The van der Waals surface area contributed by atoms with E-state index < -0.39 is 17.3 Å². The Hall–Kier alpha value is -2.35. The molecule has 0 spiro atoms. The number of nitrogens with zero attached hydrogens (tertiary/aromatic N) is 2.